The Balaban J connectivity index is 2.17. The van der Waals surface area contributed by atoms with Crippen molar-refractivity contribution in [1.29, 1.82) is 0 Å². The van der Waals surface area contributed by atoms with Crippen LogP contribution >= 0.6 is 0 Å². The van der Waals surface area contributed by atoms with Crippen LogP contribution in [-0.2, 0) is 15.0 Å². The van der Waals surface area contributed by atoms with E-state index in [1.54, 1.807) is 19.1 Å². The van der Waals surface area contributed by atoms with Crippen LogP contribution in [0.1, 0.15) is 18.1 Å². The molecule has 0 unspecified atom stereocenters. The van der Waals surface area contributed by atoms with Gasteiger partial charge in [0.15, 0.2) is 0 Å². The Morgan fingerprint density at radius 3 is 2.41 bits per heavy atom. The van der Waals surface area contributed by atoms with Gasteiger partial charge in [0.25, 0.3) is 16.1 Å². The summed E-state index contributed by atoms with van der Waals surface area (Å²) < 4.78 is 36.5. The molecule has 3 N–H and O–H groups in total. The van der Waals surface area contributed by atoms with Gasteiger partial charge in [0, 0.05) is 24.0 Å². The summed E-state index contributed by atoms with van der Waals surface area (Å²) in [6.45, 7) is 3.49. The van der Waals surface area contributed by atoms with Gasteiger partial charge in [-0.3, -0.25) is 9.69 Å². The second kappa shape index (κ2) is 6.76. The lowest BCUT2D eigenvalue weighted by Gasteiger charge is -2.21. The molecule has 0 radical (unpaired) electrons. The minimum Gasteiger partial charge on any atom is -0.301 e. The number of hydrogen-bond donors (Lipinski definition) is 2. The summed E-state index contributed by atoms with van der Waals surface area (Å²) in [4.78, 5) is 16.7. The molecule has 7 nitrogen and oxygen atoms in total. The number of nitrogens with zero attached hydrogens (tertiary/aromatic N) is 2. The van der Waals surface area contributed by atoms with Gasteiger partial charge in [-0.2, -0.15) is 8.42 Å². The fourth-order valence-electron chi connectivity index (χ4n) is 2.97. The fourth-order valence-corrected chi connectivity index (χ4v) is 3.49. The molecule has 2 aromatic rings. The van der Waals surface area contributed by atoms with Crippen LogP contribution in [0.5, 0.6) is 0 Å². The van der Waals surface area contributed by atoms with E-state index in [0.717, 1.165) is 10.6 Å². The number of hydrazine groups is 1. The number of benzene rings is 2. The van der Waals surface area contributed by atoms with E-state index in [4.69, 9.17) is 5.14 Å². The molecule has 1 heterocycles. The smallest absolute Gasteiger partial charge is 0.291 e. The Labute approximate surface area is 157 Å². The van der Waals surface area contributed by atoms with Crippen molar-refractivity contribution in [3.8, 4) is 0 Å². The molecule has 1 amide bonds. The summed E-state index contributed by atoms with van der Waals surface area (Å²) in [5, 5.41) is 6.12. The normalized spacial score (nSPS) is 15.7. The number of amides is 1. The zero-order valence-electron chi connectivity index (χ0n) is 15.0. The predicted octanol–water partition coefficient (Wildman–Crippen LogP) is 2.18. The number of nitrogens with two attached hydrogens (primary N) is 1. The number of hydrogen-bond acceptors (Lipinski definition) is 4. The summed E-state index contributed by atoms with van der Waals surface area (Å²) in [6, 6.07) is 11.4. The van der Waals surface area contributed by atoms with E-state index in [0.29, 0.717) is 16.9 Å². The fraction of sp³-hybridized carbons (Fsp3) is 0.167. The summed E-state index contributed by atoms with van der Waals surface area (Å²) in [5.41, 5.74) is 3.03. The highest BCUT2D eigenvalue weighted by molar-refractivity contribution is 7.87. The standard InChI is InChI=1S/C18H19FN4O3S/c1-11-4-7-14(8-5-11)23-16-9-6-13(19)10-15(16)17(18(23)24)12(2)22(3)21-27(20,25)26/h4-10,21H,1-3H3,(H2,20,25,26). The maximum Gasteiger partial charge on any atom is 0.291 e. The number of allylic oxidation sites excluding steroid dienone is 1. The lowest BCUT2D eigenvalue weighted by Crippen LogP contribution is -2.42. The molecule has 2 aromatic carbocycles. The molecule has 0 saturated carbocycles. The van der Waals surface area contributed by atoms with Crippen molar-refractivity contribution in [2.45, 2.75) is 13.8 Å². The predicted molar refractivity (Wildman–Crippen MR) is 101 cm³/mol. The van der Waals surface area contributed by atoms with Gasteiger partial charge in [-0.25, -0.2) is 9.53 Å². The lowest BCUT2D eigenvalue weighted by molar-refractivity contribution is -0.112. The molecule has 0 aromatic heterocycles. The van der Waals surface area contributed by atoms with Gasteiger partial charge in [0.2, 0.25) is 0 Å². The number of nitrogens with one attached hydrogen (secondary N) is 1. The number of anilines is 2. The quantitative estimate of drug-likeness (QED) is 0.618. The summed E-state index contributed by atoms with van der Waals surface area (Å²) in [6.07, 6.45) is 0. The molecule has 0 fully saturated rings. The van der Waals surface area contributed by atoms with Crippen molar-refractivity contribution in [1.82, 2.24) is 9.84 Å². The van der Waals surface area contributed by atoms with Gasteiger partial charge < -0.3 is 5.01 Å². The Bertz CT molecular complexity index is 1050. The first-order valence-electron chi connectivity index (χ1n) is 8.04. The van der Waals surface area contributed by atoms with Gasteiger partial charge >= 0.3 is 0 Å². The van der Waals surface area contributed by atoms with Gasteiger partial charge in [-0.05, 0) is 44.2 Å². The first-order chi connectivity index (χ1) is 12.6. The van der Waals surface area contributed by atoms with E-state index in [2.05, 4.69) is 4.83 Å². The van der Waals surface area contributed by atoms with E-state index in [9.17, 15) is 17.6 Å². The van der Waals surface area contributed by atoms with Crippen LogP contribution in [0, 0.1) is 12.7 Å². The molecule has 0 aliphatic carbocycles. The third-order valence-electron chi connectivity index (χ3n) is 4.31. The first kappa shape index (κ1) is 19.0. The minimum atomic E-state index is -4.03. The third kappa shape index (κ3) is 3.70. The van der Waals surface area contributed by atoms with Gasteiger partial charge in [0.1, 0.15) is 5.82 Å². The SMILES string of the molecule is CC(=C1C(=O)N(c2ccc(C)cc2)c2ccc(F)cc21)N(C)NS(N)(=O)=O. The van der Waals surface area contributed by atoms with Crippen molar-refractivity contribution in [3.05, 3.63) is 65.1 Å². The van der Waals surface area contributed by atoms with Crippen molar-refractivity contribution in [2.24, 2.45) is 5.14 Å². The Hall–Kier alpha value is -2.75. The molecule has 142 valence electrons. The molecule has 0 saturated heterocycles. The molecule has 1 aliphatic heterocycles. The number of carbonyl (C=O) groups is 1. The molecular formula is C18H19FN4O3S. The summed E-state index contributed by atoms with van der Waals surface area (Å²) in [5.74, 6) is -0.889. The minimum absolute atomic E-state index is 0.184. The van der Waals surface area contributed by atoms with Crippen LogP contribution in [0.2, 0.25) is 0 Å². The number of aryl methyl sites for hydroxylation is 1. The molecule has 0 atom stereocenters. The summed E-state index contributed by atoms with van der Waals surface area (Å²) >= 11 is 0. The zero-order valence-corrected chi connectivity index (χ0v) is 15.8. The first-order valence-corrected chi connectivity index (χ1v) is 9.59. The van der Waals surface area contributed by atoms with Crippen LogP contribution in [0.3, 0.4) is 0 Å². The van der Waals surface area contributed by atoms with Gasteiger partial charge in [-0.15, -0.1) is 4.83 Å². The summed E-state index contributed by atoms with van der Waals surface area (Å²) in [7, 11) is -2.62. The van der Waals surface area contributed by atoms with Crippen LogP contribution in [0.25, 0.3) is 5.57 Å². The van der Waals surface area contributed by atoms with Crippen molar-refractivity contribution >= 4 is 33.1 Å². The highest BCUT2D eigenvalue weighted by atomic mass is 32.2. The van der Waals surface area contributed by atoms with E-state index < -0.39 is 16.0 Å². The topological polar surface area (TPSA) is 95.7 Å². The maximum absolute atomic E-state index is 13.9. The number of rotatable bonds is 4. The molecule has 0 spiro atoms. The highest BCUT2D eigenvalue weighted by Gasteiger charge is 2.36. The Morgan fingerprint density at radius 1 is 1.19 bits per heavy atom. The third-order valence-corrected chi connectivity index (χ3v) is 4.84. The Kier molecular flexibility index (Phi) is 4.77. The number of fused-ring (bicyclic) bond motifs is 1. The molecule has 1 aliphatic rings. The van der Waals surface area contributed by atoms with Crippen LogP contribution in [-0.4, -0.2) is 26.4 Å². The zero-order chi connectivity index (χ0) is 19.9. The lowest BCUT2D eigenvalue weighted by atomic mass is 10.1. The van der Waals surface area contributed by atoms with Crippen molar-refractivity contribution < 1.29 is 17.6 Å². The Morgan fingerprint density at radius 2 is 1.81 bits per heavy atom. The van der Waals surface area contributed by atoms with Crippen LogP contribution in [0.4, 0.5) is 15.8 Å². The van der Waals surface area contributed by atoms with E-state index in [1.807, 2.05) is 19.1 Å². The van der Waals surface area contributed by atoms with E-state index in [1.165, 1.54) is 30.1 Å². The van der Waals surface area contributed by atoms with E-state index in [-0.39, 0.29) is 17.2 Å². The van der Waals surface area contributed by atoms with Crippen molar-refractivity contribution in [2.75, 3.05) is 11.9 Å². The highest BCUT2D eigenvalue weighted by Crippen LogP contribution is 2.43. The second-order valence-electron chi connectivity index (χ2n) is 6.29. The van der Waals surface area contributed by atoms with Gasteiger partial charge in [-0.1, -0.05) is 17.7 Å². The largest absolute Gasteiger partial charge is 0.301 e. The molecular weight excluding hydrogens is 371 g/mol. The second-order valence-corrected chi connectivity index (χ2v) is 7.57. The monoisotopic (exact) mass is 390 g/mol. The number of carbonyl (C=O) groups excluding carboxylic acids is 1. The van der Waals surface area contributed by atoms with Crippen molar-refractivity contribution in [3.63, 3.8) is 0 Å². The maximum atomic E-state index is 13.9. The average molecular weight is 390 g/mol. The molecule has 27 heavy (non-hydrogen) atoms. The average Bonchev–Trinajstić information content (AvgIpc) is 2.84. The molecule has 3 rings (SSSR count). The van der Waals surface area contributed by atoms with Gasteiger partial charge in [0.05, 0.1) is 11.3 Å². The molecule has 0 bridgehead atoms. The van der Waals surface area contributed by atoms with Crippen LogP contribution < -0.4 is 14.9 Å². The van der Waals surface area contributed by atoms with Crippen LogP contribution in [0.15, 0.2) is 48.2 Å². The number of halogens is 1. The molecule has 9 heteroatoms. The van der Waals surface area contributed by atoms with E-state index >= 15 is 0 Å².